The average molecular weight is 235 g/mol. The van der Waals surface area contributed by atoms with E-state index >= 15 is 0 Å². The van der Waals surface area contributed by atoms with Crippen LogP contribution in [0.3, 0.4) is 0 Å². The smallest absolute Gasteiger partial charge is 0.128 e. The number of pyridine rings is 1. The summed E-state index contributed by atoms with van der Waals surface area (Å²) in [6.45, 7) is 6.74. The van der Waals surface area contributed by atoms with Gasteiger partial charge in [0.05, 0.1) is 0 Å². The molecule has 0 radical (unpaired) electrons. The molecule has 2 N–H and O–H groups in total. The van der Waals surface area contributed by atoms with Gasteiger partial charge in [-0.05, 0) is 44.4 Å². The second kappa shape index (κ2) is 7.28. The van der Waals surface area contributed by atoms with Crippen molar-refractivity contribution < 1.29 is 0 Å². The summed E-state index contributed by atoms with van der Waals surface area (Å²) >= 11 is 0. The summed E-state index contributed by atoms with van der Waals surface area (Å²) in [5.74, 6) is 1.69. The van der Waals surface area contributed by atoms with E-state index in [2.05, 4.69) is 42.7 Å². The van der Waals surface area contributed by atoms with Crippen LogP contribution < -0.4 is 10.6 Å². The van der Waals surface area contributed by atoms with Gasteiger partial charge in [0.1, 0.15) is 5.82 Å². The second-order valence-electron chi connectivity index (χ2n) is 4.62. The van der Waals surface area contributed by atoms with E-state index in [1.54, 1.807) is 0 Å². The lowest BCUT2D eigenvalue weighted by molar-refractivity contribution is 0.572. The Labute approximate surface area is 105 Å². The maximum Gasteiger partial charge on any atom is 0.128 e. The van der Waals surface area contributed by atoms with Crippen molar-refractivity contribution in [2.45, 2.75) is 39.0 Å². The number of nitrogens with two attached hydrogens (primary N) is 1. The van der Waals surface area contributed by atoms with Crippen LogP contribution in [-0.2, 0) is 0 Å². The summed E-state index contributed by atoms with van der Waals surface area (Å²) in [6, 6.07) is 6.39. The molecular weight excluding hydrogens is 210 g/mol. The van der Waals surface area contributed by atoms with Crippen molar-refractivity contribution in [1.29, 1.82) is 0 Å². The van der Waals surface area contributed by atoms with Crippen LogP contribution in [0, 0.1) is 0 Å². The summed E-state index contributed by atoms with van der Waals surface area (Å²) in [6.07, 6.45) is 4.00. The van der Waals surface area contributed by atoms with E-state index in [9.17, 15) is 0 Å². The summed E-state index contributed by atoms with van der Waals surface area (Å²) < 4.78 is 0. The van der Waals surface area contributed by atoms with E-state index < -0.39 is 0 Å². The van der Waals surface area contributed by atoms with Crippen LogP contribution in [0.5, 0.6) is 0 Å². The average Bonchev–Trinajstić information content (AvgIpc) is 2.42. The Hall–Kier alpha value is -1.09. The molecule has 0 aromatic carbocycles. The molecule has 3 heteroatoms. The molecule has 1 aliphatic heterocycles. The Kier molecular flexibility index (Phi) is 5.98. The van der Waals surface area contributed by atoms with Gasteiger partial charge in [0.25, 0.3) is 0 Å². The van der Waals surface area contributed by atoms with E-state index in [0.29, 0.717) is 5.92 Å². The number of piperidine rings is 1. The maximum atomic E-state index is 4.72. The van der Waals surface area contributed by atoms with Crippen LogP contribution in [0.25, 0.3) is 0 Å². The molecule has 1 fully saturated rings. The highest BCUT2D eigenvalue weighted by Crippen LogP contribution is 2.20. The minimum atomic E-state index is 0.523. The first-order valence-corrected chi connectivity index (χ1v) is 6.57. The van der Waals surface area contributed by atoms with Gasteiger partial charge < -0.3 is 10.6 Å². The summed E-state index contributed by atoms with van der Waals surface area (Å²) in [5, 5.41) is 0. The lowest BCUT2D eigenvalue weighted by Crippen LogP contribution is -2.30. The molecule has 2 rings (SSSR count). The van der Waals surface area contributed by atoms with Gasteiger partial charge in [-0.1, -0.05) is 19.9 Å². The third-order valence-corrected chi connectivity index (χ3v) is 3.03. The summed E-state index contributed by atoms with van der Waals surface area (Å²) in [4.78, 5) is 7.13. The first-order chi connectivity index (χ1) is 8.27. The van der Waals surface area contributed by atoms with Crippen LogP contribution in [0.15, 0.2) is 18.2 Å². The number of anilines is 1. The van der Waals surface area contributed by atoms with Gasteiger partial charge in [-0.15, -0.1) is 0 Å². The zero-order valence-corrected chi connectivity index (χ0v) is 11.3. The topological polar surface area (TPSA) is 42.2 Å². The first kappa shape index (κ1) is 14.0. The van der Waals surface area contributed by atoms with Crippen LogP contribution in [-0.4, -0.2) is 25.1 Å². The largest absolute Gasteiger partial charge is 0.357 e. The number of nitrogens with zero attached hydrogens (tertiary/aromatic N) is 2. The fourth-order valence-corrected chi connectivity index (χ4v) is 2.06. The molecule has 1 saturated heterocycles. The zero-order chi connectivity index (χ0) is 12.7. The minimum absolute atomic E-state index is 0.523. The van der Waals surface area contributed by atoms with Crippen LogP contribution >= 0.6 is 0 Å². The molecular formula is C14H25N3. The van der Waals surface area contributed by atoms with Gasteiger partial charge in [0.2, 0.25) is 0 Å². The van der Waals surface area contributed by atoms with Crippen molar-refractivity contribution in [1.82, 2.24) is 4.98 Å². The normalized spacial score (nSPS) is 15.5. The molecule has 1 aromatic heterocycles. The van der Waals surface area contributed by atoms with E-state index in [-0.39, 0.29) is 0 Å². The Morgan fingerprint density at radius 2 is 1.76 bits per heavy atom. The fraction of sp³-hybridized carbons (Fsp3) is 0.643. The van der Waals surface area contributed by atoms with Crippen LogP contribution in [0.1, 0.15) is 44.7 Å². The fourth-order valence-electron chi connectivity index (χ4n) is 2.06. The van der Waals surface area contributed by atoms with Gasteiger partial charge in [0.15, 0.2) is 0 Å². The molecule has 0 bridgehead atoms. The SMILES string of the molecule is CC(C)c1cccc(N2CCCCC2)n1.CN. The quantitative estimate of drug-likeness (QED) is 0.857. The molecule has 17 heavy (non-hydrogen) atoms. The van der Waals surface area contributed by atoms with Crippen molar-refractivity contribution in [2.75, 3.05) is 25.0 Å². The first-order valence-electron chi connectivity index (χ1n) is 6.57. The monoisotopic (exact) mass is 235 g/mol. The Morgan fingerprint density at radius 1 is 1.12 bits per heavy atom. The second-order valence-corrected chi connectivity index (χ2v) is 4.62. The number of hydrogen-bond donors (Lipinski definition) is 1. The molecule has 2 heterocycles. The summed E-state index contributed by atoms with van der Waals surface area (Å²) in [5.41, 5.74) is 5.71. The van der Waals surface area contributed by atoms with Gasteiger partial charge in [-0.25, -0.2) is 4.98 Å². The number of rotatable bonds is 2. The lowest BCUT2D eigenvalue weighted by Gasteiger charge is -2.28. The number of aromatic nitrogens is 1. The minimum Gasteiger partial charge on any atom is -0.357 e. The highest BCUT2D eigenvalue weighted by Gasteiger charge is 2.12. The molecule has 0 aliphatic carbocycles. The molecule has 0 atom stereocenters. The lowest BCUT2D eigenvalue weighted by atomic mass is 10.1. The van der Waals surface area contributed by atoms with Gasteiger partial charge in [-0.2, -0.15) is 0 Å². The number of hydrogen-bond acceptors (Lipinski definition) is 3. The van der Waals surface area contributed by atoms with Gasteiger partial charge in [0, 0.05) is 18.8 Å². The molecule has 0 amide bonds. The predicted octanol–water partition coefficient (Wildman–Crippen LogP) is 2.77. The van der Waals surface area contributed by atoms with Gasteiger partial charge in [-0.3, -0.25) is 0 Å². The molecule has 0 saturated carbocycles. The molecule has 1 aromatic rings. The van der Waals surface area contributed by atoms with Gasteiger partial charge >= 0.3 is 0 Å². The van der Waals surface area contributed by atoms with E-state index in [0.717, 1.165) is 0 Å². The molecule has 96 valence electrons. The molecule has 1 aliphatic rings. The Balaban J connectivity index is 0.000000686. The Morgan fingerprint density at radius 3 is 2.35 bits per heavy atom. The van der Waals surface area contributed by atoms with Crippen LogP contribution in [0.2, 0.25) is 0 Å². The predicted molar refractivity (Wildman–Crippen MR) is 74.5 cm³/mol. The Bertz CT molecular complexity index is 317. The highest BCUT2D eigenvalue weighted by molar-refractivity contribution is 5.40. The van der Waals surface area contributed by atoms with E-state index in [1.807, 2.05) is 0 Å². The molecule has 0 spiro atoms. The maximum absolute atomic E-state index is 4.72. The van der Waals surface area contributed by atoms with Crippen molar-refractivity contribution in [3.05, 3.63) is 23.9 Å². The van der Waals surface area contributed by atoms with E-state index in [1.165, 1.54) is 50.9 Å². The van der Waals surface area contributed by atoms with Crippen molar-refractivity contribution >= 4 is 5.82 Å². The third kappa shape index (κ3) is 4.00. The molecule has 0 unspecified atom stereocenters. The zero-order valence-electron chi connectivity index (χ0n) is 11.3. The van der Waals surface area contributed by atoms with Crippen molar-refractivity contribution in [3.63, 3.8) is 0 Å². The van der Waals surface area contributed by atoms with Crippen molar-refractivity contribution in [3.8, 4) is 0 Å². The highest BCUT2D eigenvalue weighted by atomic mass is 15.2. The van der Waals surface area contributed by atoms with Crippen LogP contribution in [0.4, 0.5) is 5.82 Å². The third-order valence-electron chi connectivity index (χ3n) is 3.03. The summed E-state index contributed by atoms with van der Waals surface area (Å²) in [7, 11) is 1.50. The molecule has 3 nitrogen and oxygen atoms in total. The standard InChI is InChI=1S/C13H20N2.CH5N/c1-11(2)12-7-6-8-13(14-12)15-9-4-3-5-10-15;1-2/h6-8,11H,3-5,9-10H2,1-2H3;2H2,1H3. The van der Waals surface area contributed by atoms with E-state index in [4.69, 9.17) is 4.98 Å². The van der Waals surface area contributed by atoms with Crippen molar-refractivity contribution in [2.24, 2.45) is 5.73 Å².